The Kier molecular flexibility index (Phi) is 5.65. The van der Waals surface area contributed by atoms with E-state index in [9.17, 15) is 9.18 Å². The van der Waals surface area contributed by atoms with Crippen LogP contribution in [0.3, 0.4) is 0 Å². The van der Waals surface area contributed by atoms with Gasteiger partial charge in [0.1, 0.15) is 5.82 Å². The monoisotopic (exact) mass is 412 g/mol. The Morgan fingerprint density at radius 3 is 2.76 bits per heavy atom. The molecule has 0 bridgehead atoms. The minimum atomic E-state index is -0.521. The minimum Gasteiger partial charge on any atom is -0.322 e. The first-order valence-corrected chi connectivity index (χ1v) is 10.0. The summed E-state index contributed by atoms with van der Waals surface area (Å²) in [7, 11) is 0. The van der Waals surface area contributed by atoms with Crippen molar-refractivity contribution in [1.82, 2.24) is 15.1 Å². The van der Waals surface area contributed by atoms with Crippen molar-refractivity contribution in [3.8, 4) is 5.69 Å². The zero-order valence-corrected chi connectivity index (χ0v) is 16.8. The van der Waals surface area contributed by atoms with Gasteiger partial charge in [-0.2, -0.15) is 5.10 Å². The molecule has 150 valence electrons. The first-order valence-electron chi connectivity index (χ1n) is 9.65. The number of aryl methyl sites for hydroxylation is 1. The van der Waals surface area contributed by atoms with Crippen LogP contribution in [-0.4, -0.2) is 28.8 Å². The largest absolute Gasteiger partial charge is 0.322 e. The number of carbonyl (C=O) groups is 1. The van der Waals surface area contributed by atoms with Crippen LogP contribution in [-0.2, 0) is 0 Å². The molecule has 1 aliphatic heterocycles. The number of anilines is 1. The van der Waals surface area contributed by atoms with Crippen molar-refractivity contribution in [2.45, 2.75) is 25.7 Å². The third-order valence-corrected chi connectivity index (χ3v) is 5.49. The lowest BCUT2D eigenvalue weighted by Gasteiger charge is -2.24. The average Bonchev–Trinajstić information content (AvgIpc) is 3.17. The Morgan fingerprint density at radius 2 is 2.03 bits per heavy atom. The standard InChI is InChI=1S/C22H22ClFN4O/c1-14-3-2-4-17(11-14)28-21(15-7-9-25-10-8-15)18(13-26-28)22(29)27-16-5-6-20(24)19(23)12-16/h2-6,11-13,15,25H,7-10H2,1H3,(H,27,29). The normalized spacial score (nSPS) is 14.7. The molecule has 0 saturated carbocycles. The average molecular weight is 413 g/mol. The second-order valence-electron chi connectivity index (χ2n) is 7.30. The highest BCUT2D eigenvalue weighted by atomic mass is 35.5. The molecular weight excluding hydrogens is 391 g/mol. The lowest BCUT2D eigenvalue weighted by Crippen LogP contribution is -2.29. The summed E-state index contributed by atoms with van der Waals surface area (Å²) in [4.78, 5) is 13.1. The highest BCUT2D eigenvalue weighted by molar-refractivity contribution is 6.31. The van der Waals surface area contributed by atoms with Gasteiger partial charge in [-0.25, -0.2) is 9.07 Å². The summed E-state index contributed by atoms with van der Waals surface area (Å²) >= 11 is 5.85. The Bertz CT molecular complexity index is 1040. The van der Waals surface area contributed by atoms with Crippen LogP contribution in [0, 0.1) is 12.7 Å². The molecule has 1 aliphatic rings. The molecule has 1 fully saturated rings. The lowest BCUT2D eigenvalue weighted by molar-refractivity contribution is 0.102. The highest BCUT2D eigenvalue weighted by Crippen LogP contribution is 2.31. The number of nitrogens with one attached hydrogen (secondary N) is 2. The van der Waals surface area contributed by atoms with Crippen LogP contribution < -0.4 is 10.6 Å². The Hall–Kier alpha value is -2.70. The number of piperidine rings is 1. The third-order valence-electron chi connectivity index (χ3n) is 5.20. The van der Waals surface area contributed by atoms with E-state index in [4.69, 9.17) is 11.6 Å². The van der Waals surface area contributed by atoms with Crippen LogP contribution in [0.5, 0.6) is 0 Å². The number of nitrogens with zero attached hydrogens (tertiary/aromatic N) is 2. The summed E-state index contributed by atoms with van der Waals surface area (Å²) in [5, 5.41) is 10.7. The highest BCUT2D eigenvalue weighted by Gasteiger charge is 2.27. The predicted octanol–water partition coefficient (Wildman–Crippen LogP) is 4.69. The van der Waals surface area contributed by atoms with E-state index in [2.05, 4.69) is 21.8 Å². The summed E-state index contributed by atoms with van der Waals surface area (Å²) in [5.74, 6) is -0.579. The molecule has 0 aliphatic carbocycles. The van der Waals surface area contributed by atoms with E-state index in [0.29, 0.717) is 11.3 Å². The third kappa shape index (κ3) is 4.18. The molecule has 2 heterocycles. The fraction of sp³-hybridized carbons (Fsp3) is 0.273. The minimum absolute atomic E-state index is 0.0307. The molecule has 1 amide bonds. The molecule has 0 radical (unpaired) electrons. The van der Waals surface area contributed by atoms with Crippen LogP contribution in [0.15, 0.2) is 48.7 Å². The van der Waals surface area contributed by atoms with Crippen LogP contribution in [0.2, 0.25) is 5.02 Å². The maximum absolute atomic E-state index is 13.4. The molecule has 0 atom stereocenters. The summed E-state index contributed by atoms with van der Waals surface area (Å²) < 4.78 is 15.3. The van der Waals surface area contributed by atoms with Gasteiger partial charge in [-0.1, -0.05) is 23.7 Å². The van der Waals surface area contributed by atoms with Gasteiger partial charge in [0, 0.05) is 11.6 Å². The fourth-order valence-electron chi connectivity index (χ4n) is 3.76. The Labute approximate surface area is 173 Å². The predicted molar refractivity (Wildman–Crippen MR) is 113 cm³/mol. The van der Waals surface area contributed by atoms with Gasteiger partial charge >= 0.3 is 0 Å². The second kappa shape index (κ2) is 8.35. The number of hydrogen-bond donors (Lipinski definition) is 2. The molecule has 0 unspecified atom stereocenters. The van der Waals surface area contributed by atoms with E-state index < -0.39 is 5.82 Å². The van der Waals surface area contributed by atoms with Gasteiger partial charge in [-0.15, -0.1) is 0 Å². The summed E-state index contributed by atoms with van der Waals surface area (Å²) in [6.45, 7) is 3.83. The smallest absolute Gasteiger partial charge is 0.259 e. The molecule has 29 heavy (non-hydrogen) atoms. The fourth-order valence-corrected chi connectivity index (χ4v) is 3.94. The molecule has 2 N–H and O–H groups in total. The molecule has 3 aromatic rings. The topological polar surface area (TPSA) is 59.0 Å². The van der Waals surface area contributed by atoms with Crippen LogP contribution in [0.25, 0.3) is 5.69 Å². The quantitative estimate of drug-likeness (QED) is 0.653. The van der Waals surface area contributed by atoms with Gasteiger partial charge in [0.25, 0.3) is 5.91 Å². The van der Waals surface area contributed by atoms with Crippen LogP contribution >= 0.6 is 11.6 Å². The first kappa shape index (κ1) is 19.6. The molecule has 2 aromatic carbocycles. The van der Waals surface area contributed by atoms with Crippen molar-refractivity contribution < 1.29 is 9.18 Å². The number of aromatic nitrogens is 2. The molecule has 5 nitrogen and oxygen atoms in total. The maximum Gasteiger partial charge on any atom is 0.259 e. The summed E-state index contributed by atoms with van der Waals surface area (Å²) in [5.41, 5.74) is 3.94. The second-order valence-corrected chi connectivity index (χ2v) is 7.71. The zero-order chi connectivity index (χ0) is 20.4. The van der Waals surface area contributed by atoms with E-state index in [1.54, 1.807) is 6.20 Å². The van der Waals surface area contributed by atoms with E-state index in [0.717, 1.165) is 42.9 Å². The Morgan fingerprint density at radius 1 is 1.24 bits per heavy atom. The first-order chi connectivity index (χ1) is 14.0. The van der Waals surface area contributed by atoms with Gasteiger partial charge in [-0.3, -0.25) is 4.79 Å². The van der Waals surface area contributed by atoms with Crippen molar-refractivity contribution in [1.29, 1.82) is 0 Å². The summed E-state index contributed by atoms with van der Waals surface area (Å²) in [6, 6.07) is 12.2. The maximum atomic E-state index is 13.4. The van der Waals surface area contributed by atoms with Gasteiger partial charge in [0.05, 0.1) is 28.2 Å². The number of halogens is 2. The van der Waals surface area contributed by atoms with Crippen molar-refractivity contribution in [2.75, 3.05) is 18.4 Å². The Balaban J connectivity index is 1.72. The van der Waals surface area contributed by atoms with Crippen LogP contribution in [0.1, 0.15) is 40.4 Å². The van der Waals surface area contributed by atoms with Crippen LogP contribution in [0.4, 0.5) is 10.1 Å². The van der Waals surface area contributed by atoms with E-state index in [-0.39, 0.29) is 16.8 Å². The molecule has 0 spiro atoms. The number of carbonyl (C=O) groups excluding carboxylic acids is 1. The van der Waals surface area contributed by atoms with Gasteiger partial charge in [-0.05, 0) is 68.8 Å². The van der Waals surface area contributed by atoms with Crippen molar-refractivity contribution in [3.63, 3.8) is 0 Å². The number of rotatable bonds is 4. The number of amides is 1. The van der Waals surface area contributed by atoms with Crippen molar-refractivity contribution in [2.24, 2.45) is 0 Å². The molecule has 1 aromatic heterocycles. The van der Waals surface area contributed by atoms with Gasteiger partial charge in [0.15, 0.2) is 0 Å². The van der Waals surface area contributed by atoms with E-state index in [1.165, 1.54) is 18.2 Å². The molecule has 7 heteroatoms. The van der Waals surface area contributed by atoms with E-state index >= 15 is 0 Å². The zero-order valence-electron chi connectivity index (χ0n) is 16.1. The molecular formula is C22H22ClFN4O. The van der Waals surface area contributed by atoms with Crippen molar-refractivity contribution >= 4 is 23.2 Å². The lowest BCUT2D eigenvalue weighted by atomic mass is 9.91. The number of benzene rings is 2. The SMILES string of the molecule is Cc1cccc(-n2ncc(C(=O)Nc3ccc(F)c(Cl)c3)c2C2CCNCC2)c1. The molecule has 4 rings (SSSR count). The van der Waals surface area contributed by atoms with E-state index in [1.807, 2.05) is 29.8 Å². The van der Waals surface area contributed by atoms with Crippen molar-refractivity contribution in [3.05, 3.63) is 76.3 Å². The van der Waals surface area contributed by atoms with Gasteiger partial charge < -0.3 is 10.6 Å². The number of hydrogen-bond acceptors (Lipinski definition) is 3. The summed E-state index contributed by atoms with van der Waals surface area (Å²) in [6.07, 6.45) is 3.47. The van der Waals surface area contributed by atoms with Gasteiger partial charge in [0.2, 0.25) is 0 Å². The molecule has 1 saturated heterocycles.